The highest BCUT2D eigenvalue weighted by Gasteiger charge is 2.42. The molecule has 2 unspecified atom stereocenters. The Morgan fingerprint density at radius 3 is 2.51 bits per heavy atom. The molecule has 4 heterocycles. The average Bonchev–Trinajstić information content (AvgIpc) is 2.96. The van der Waals surface area contributed by atoms with Gasteiger partial charge in [-0.2, -0.15) is 9.13 Å². The van der Waals surface area contributed by atoms with Crippen LogP contribution >= 0.6 is 0 Å². The zero-order valence-corrected chi connectivity index (χ0v) is 26.1. The van der Waals surface area contributed by atoms with E-state index in [-0.39, 0.29) is 6.04 Å². The van der Waals surface area contributed by atoms with Crippen molar-refractivity contribution >= 4 is 5.57 Å². The molecule has 0 saturated carbocycles. The Bertz CT molecular complexity index is 1420. The van der Waals surface area contributed by atoms with E-state index in [1.54, 1.807) is 0 Å². The molecule has 216 valence electrons. The molecule has 4 atom stereocenters. The highest BCUT2D eigenvalue weighted by molar-refractivity contribution is 5.66. The number of rotatable bonds is 7. The van der Waals surface area contributed by atoms with Crippen molar-refractivity contribution in [3.63, 3.8) is 0 Å². The number of fused-ring (bicyclic) bond motifs is 7. The quantitative estimate of drug-likeness (QED) is 0.145. The van der Waals surface area contributed by atoms with E-state index in [1.807, 2.05) is 7.05 Å². The normalized spacial score (nSPS) is 22.7. The summed E-state index contributed by atoms with van der Waals surface area (Å²) >= 11 is 0. The predicted octanol–water partition coefficient (Wildman–Crippen LogP) is 7.26. The van der Waals surface area contributed by atoms with Gasteiger partial charge in [-0.05, 0) is 73.9 Å². The number of pyridine rings is 2. The van der Waals surface area contributed by atoms with Crippen LogP contribution in [-0.2, 0) is 17.7 Å². The molecule has 2 aliphatic heterocycles. The molecule has 0 amide bonds. The van der Waals surface area contributed by atoms with Gasteiger partial charge in [-0.25, -0.2) is 0 Å². The lowest BCUT2D eigenvalue weighted by molar-refractivity contribution is -0.738. The summed E-state index contributed by atoms with van der Waals surface area (Å²) in [7, 11) is 1.95. The van der Waals surface area contributed by atoms with Gasteiger partial charge in [0.05, 0.1) is 11.1 Å². The van der Waals surface area contributed by atoms with Crippen LogP contribution in [0.1, 0.15) is 76.7 Å². The molecular weight excluding hydrogens is 502 g/mol. The number of nitrogens with one attached hydrogen (secondary N) is 1. The van der Waals surface area contributed by atoms with Gasteiger partial charge in [0.25, 0.3) is 0 Å². The highest BCUT2D eigenvalue weighted by Crippen LogP contribution is 2.42. The Labute approximate surface area is 247 Å². The number of ether oxygens (including phenoxy) is 1. The van der Waals surface area contributed by atoms with Gasteiger partial charge < -0.3 is 4.74 Å². The van der Waals surface area contributed by atoms with E-state index in [0.29, 0.717) is 36.3 Å². The monoisotopic (exact) mass is 551 g/mol. The summed E-state index contributed by atoms with van der Waals surface area (Å²) in [4.78, 5) is 0. The van der Waals surface area contributed by atoms with Crippen molar-refractivity contribution in [2.24, 2.45) is 23.7 Å². The van der Waals surface area contributed by atoms with E-state index in [4.69, 9.17) is 4.74 Å². The van der Waals surface area contributed by atoms with Gasteiger partial charge >= 0.3 is 0 Å². The smallest absolute Gasteiger partial charge is 0.213 e. The summed E-state index contributed by atoms with van der Waals surface area (Å²) in [6.45, 7) is 15.3. The summed E-state index contributed by atoms with van der Waals surface area (Å²) in [5.74, 6) is 3.33. The number of nitrogens with zero attached hydrogens (tertiary/aromatic N) is 2. The fourth-order valence-electron chi connectivity index (χ4n) is 6.90. The minimum atomic E-state index is 0.249. The van der Waals surface area contributed by atoms with E-state index >= 15 is 0 Å². The first-order chi connectivity index (χ1) is 19.8. The molecule has 4 nitrogen and oxygen atoms in total. The Hall–Kier alpha value is -3.24. The summed E-state index contributed by atoms with van der Waals surface area (Å²) in [5, 5.41) is 3.19. The van der Waals surface area contributed by atoms with Crippen LogP contribution < -0.4 is 14.5 Å². The molecule has 0 saturated heterocycles. The Kier molecular flexibility index (Phi) is 9.09. The van der Waals surface area contributed by atoms with Gasteiger partial charge in [-0.15, -0.1) is 0 Å². The van der Waals surface area contributed by atoms with Gasteiger partial charge in [0.1, 0.15) is 18.4 Å². The first kappa shape index (κ1) is 29.3. The molecule has 0 fully saturated rings. The van der Waals surface area contributed by atoms with E-state index in [1.165, 1.54) is 33.7 Å². The van der Waals surface area contributed by atoms with Crippen LogP contribution in [0.4, 0.5) is 0 Å². The maximum atomic E-state index is 6.37. The van der Waals surface area contributed by atoms with Gasteiger partial charge in [-0.1, -0.05) is 58.9 Å². The number of hydrogen-bond acceptors (Lipinski definition) is 2. The van der Waals surface area contributed by atoms with Crippen molar-refractivity contribution in [3.8, 4) is 11.3 Å². The van der Waals surface area contributed by atoms with Crippen molar-refractivity contribution in [2.45, 2.75) is 72.9 Å². The largest absolute Gasteiger partial charge is 0.482 e. The average molecular weight is 552 g/mol. The fourth-order valence-corrected chi connectivity index (χ4v) is 6.90. The molecule has 2 aromatic heterocycles. The third-order valence-electron chi connectivity index (χ3n) is 9.27. The molecule has 0 radical (unpaired) electrons. The zero-order chi connectivity index (χ0) is 29.1. The lowest BCUT2D eigenvalue weighted by atomic mass is 9.75. The molecule has 1 N–H and O–H groups in total. The van der Waals surface area contributed by atoms with Gasteiger partial charge in [0.15, 0.2) is 25.0 Å². The van der Waals surface area contributed by atoms with Crippen LogP contribution in [0.15, 0.2) is 84.9 Å². The van der Waals surface area contributed by atoms with Crippen molar-refractivity contribution in [3.05, 3.63) is 102 Å². The molecule has 0 aliphatic carbocycles. The molecule has 4 heteroatoms. The third kappa shape index (κ3) is 6.04. The maximum Gasteiger partial charge on any atom is 0.213 e. The molecule has 2 aliphatic rings. The van der Waals surface area contributed by atoms with Gasteiger partial charge in [0.2, 0.25) is 11.4 Å². The first-order valence-electron chi connectivity index (χ1n) is 15.6. The third-order valence-corrected chi connectivity index (χ3v) is 9.27. The molecular formula is C37H49N3O+2. The second-order valence-electron chi connectivity index (χ2n) is 12.8. The van der Waals surface area contributed by atoms with Crippen LogP contribution in [0.3, 0.4) is 0 Å². The SMILES string of the molecule is CNCO/C(C)=C1\c2cc(CC(C)C)cc[n+]2CC2c3ccccc3-c3cccc[n+]3C2/C=C/C[C@H]1[C@H](C)C(C)C. The van der Waals surface area contributed by atoms with Crippen LogP contribution in [-0.4, -0.2) is 13.8 Å². The van der Waals surface area contributed by atoms with Crippen LogP contribution in [0, 0.1) is 23.7 Å². The summed E-state index contributed by atoms with van der Waals surface area (Å²) in [5.41, 5.74) is 8.13. The van der Waals surface area contributed by atoms with Crippen molar-refractivity contribution in [2.75, 3.05) is 13.8 Å². The molecule has 0 bridgehead atoms. The van der Waals surface area contributed by atoms with E-state index < -0.39 is 0 Å². The topological polar surface area (TPSA) is 29.0 Å². The Morgan fingerprint density at radius 1 is 0.976 bits per heavy atom. The minimum absolute atomic E-state index is 0.249. The Balaban J connectivity index is 1.75. The lowest BCUT2D eigenvalue weighted by Crippen LogP contribution is -2.52. The number of benzene rings is 1. The Morgan fingerprint density at radius 2 is 1.76 bits per heavy atom. The molecule has 0 spiro atoms. The van der Waals surface area contributed by atoms with E-state index in [9.17, 15) is 0 Å². The predicted molar refractivity (Wildman–Crippen MR) is 168 cm³/mol. The van der Waals surface area contributed by atoms with E-state index in [2.05, 4.69) is 135 Å². The summed E-state index contributed by atoms with van der Waals surface area (Å²) in [6, 6.07) is 20.7. The van der Waals surface area contributed by atoms with Gasteiger partial charge in [0, 0.05) is 30.2 Å². The molecule has 41 heavy (non-hydrogen) atoms. The minimum Gasteiger partial charge on any atom is -0.482 e. The summed E-state index contributed by atoms with van der Waals surface area (Å²) < 4.78 is 11.4. The van der Waals surface area contributed by atoms with Crippen LogP contribution in [0.5, 0.6) is 0 Å². The lowest BCUT2D eigenvalue weighted by Gasteiger charge is -2.32. The molecule has 5 rings (SSSR count). The van der Waals surface area contributed by atoms with Crippen molar-refractivity contribution in [1.29, 1.82) is 0 Å². The highest BCUT2D eigenvalue weighted by atomic mass is 16.5. The maximum absolute atomic E-state index is 6.37. The van der Waals surface area contributed by atoms with Crippen molar-refractivity contribution < 1.29 is 13.9 Å². The zero-order valence-electron chi connectivity index (χ0n) is 26.1. The second-order valence-corrected chi connectivity index (χ2v) is 12.8. The van der Waals surface area contributed by atoms with Gasteiger partial charge in [-0.3, -0.25) is 5.32 Å². The standard InChI is InChI=1S/C37H49N3O/c1-25(2)21-29-18-20-39-23-33-31-13-8-9-14-32(31)34-16-10-11-19-40(34)35(33)17-12-15-30(27(5)26(3)4)37(36(39)22-29)28(6)41-24-38-7/h8-14,16-20,22,25-27,30,33,35,38H,15,21,23-24H2,1-7H3/q+2/b17-12+,37-28-/t27-,30+,33?,35?/m1/s1. The first-order valence-corrected chi connectivity index (χ1v) is 15.6. The number of allylic oxidation sites excluding steroid dienone is 4. The van der Waals surface area contributed by atoms with Crippen molar-refractivity contribution in [1.82, 2.24) is 5.32 Å². The number of aromatic nitrogens is 2. The molecule has 3 aromatic rings. The van der Waals surface area contributed by atoms with E-state index in [0.717, 1.165) is 25.1 Å². The second kappa shape index (κ2) is 12.7. The van der Waals surface area contributed by atoms with Crippen LogP contribution in [0.25, 0.3) is 16.8 Å². The number of hydrogen-bond donors (Lipinski definition) is 1. The molecule has 1 aromatic carbocycles. The summed E-state index contributed by atoms with van der Waals surface area (Å²) in [6.07, 6.45) is 11.6. The fraction of sp³-hybridized carbons (Fsp3) is 0.459. The van der Waals surface area contributed by atoms with Crippen LogP contribution in [0.2, 0.25) is 0 Å².